The van der Waals surface area contributed by atoms with Crippen molar-refractivity contribution in [1.82, 2.24) is 0 Å². The first kappa shape index (κ1) is 12.8. The van der Waals surface area contributed by atoms with Gasteiger partial charge in [0.1, 0.15) is 5.75 Å². The van der Waals surface area contributed by atoms with Gasteiger partial charge in [0, 0.05) is 6.42 Å². The third-order valence-electron chi connectivity index (χ3n) is 2.46. The van der Waals surface area contributed by atoms with Crippen molar-refractivity contribution in [3.05, 3.63) is 27.7 Å². The van der Waals surface area contributed by atoms with E-state index < -0.39 is 17.3 Å². The second kappa shape index (κ2) is 4.94. The Bertz CT molecular complexity index is 469. The molecule has 0 saturated carbocycles. The largest absolute Gasteiger partial charge is 0.593 e. The number of carboxylic acid groups (broad SMARTS) is 1. The summed E-state index contributed by atoms with van der Waals surface area (Å²) >= 11 is 10.6. The third kappa shape index (κ3) is 2.47. The Kier molecular flexibility index (Phi) is 3.73. The van der Waals surface area contributed by atoms with E-state index in [4.69, 9.17) is 28.3 Å². The van der Waals surface area contributed by atoms with E-state index >= 15 is 0 Å². The van der Waals surface area contributed by atoms with Crippen LogP contribution in [0.4, 0.5) is 5.69 Å². The number of anilines is 1. The minimum absolute atomic E-state index is 0.00731. The van der Waals surface area contributed by atoms with Crippen LogP contribution in [0.5, 0.6) is 0 Å². The molecule has 1 unspecified atom stereocenters. The van der Waals surface area contributed by atoms with Gasteiger partial charge in [-0.15, -0.1) is 0 Å². The molecule has 0 spiro atoms. The molecule has 1 aliphatic heterocycles. The fraction of sp³-hybridized carbons (Fsp3) is 0.300. The zero-order valence-electron chi connectivity index (χ0n) is 8.65. The topological polar surface area (TPSA) is 63.6 Å². The molecule has 0 radical (unpaired) electrons. The summed E-state index contributed by atoms with van der Waals surface area (Å²) in [6.45, 7) is 0.629. The minimum atomic E-state index is -1.15. The van der Waals surface area contributed by atoms with Crippen LogP contribution >= 0.6 is 23.2 Å². The van der Waals surface area contributed by atoms with E-state index in [1.807, 2.05) is 0 Å². The molecule has 0 aromatic heterocycles. The van der Waals surface area contributed by atoms with E-state index in [1.54, 1.807) is 10.4 Å². The first-order chi connectivity index (χ1) is 8.00. The Hall–Kier alpha value is -0.620. The SMILES string of the molecule is O=C(O)c1cc(N2CCC[S+]2[O-])cc(Cl)c1Cl. The molecule has 1 aromatic carbocycles. The van der Waals surface area contributed by atoms with Crippen LogP contribution < -0.4 is 4.31 Å². The van der Waals surface area contributed by atoms with Gasteiger partial charge in [-0.3, -0.25) is 0 Å². The van der Waals surface area contributed by atoms with Gasteiger partial charge in [-0.1, -0.05) is 23.2 Å². The van der Waals surface area contributed by atoms with E-state index in [0.29, 0.717) is 18.0 Å². The Morgan fingerprint density at radius 1 is 1.47 bits per heavy atom. The number of rotatable bonds is 2. The number of hydrogen-bond donors (Lipinski definition) is 1. The number of halogens is 2. The van der Waals surface area contributed by atoms with Crippen molar-refractivity contribution < 1.29 is 14.5 Å². The lowest BCUT2D eigenvalue weighted by Gasteiger charge is -2.19. The zero-order chi connectivity index (χ0) is 12.6. The molecule has 1 aliphatic rings. The van der Waals surface area contributed by atoms with E-state index in [9.17, 15) is 9.35 Å². The van der Waals surface area contributed by atoms with Crippen molar-refractivity contribution in [2.24, 2.45) is 0 Å². The van der Waals surface area contributed by atoms with E-state index in [2.05, 4.69) is 0 Å². The lowest BCUT2D eigenvalue weighted by molar-refractivity contribution is 0.0697. The summed E-state index contributed by atoms with van der Waals surface area (Å²) < 4.78 is 13.3. The molecule has 1 fully saturated rings. The van der Waals surface area contributed by atoms with Gasteiger partial charge in [-0.05, 0) is 12.1 Å². The van der Waals surface area contributed by atoms with Crippen molar-refractivity contribution in [2.45, 2.75) is 6.42 Å². The summed E-state index contributed by atoms with van der Waals surface area (Å²) in [6.07, 6.45) is 0.815. The molecule has 1 aromatic rings. The van der Waals surface area contributed by atoms with Gasteiger partial charge >= 0.3 is 5.97 Å². The predicted molar refractivity (Wildman–Crippen MR) is 68.4 cm³/mol. The first-order valence-electron chi connectivity index (χ1n) is 4.89. The Labute approximate surface area is 111 Å². The average Bonchev–Trinajstić information content (AvgIpc) is 2.68. The molecule has 1 N–H and O–H groups in total. The Morgan fingerprint density at radius 3 is 2.71 bits per heavy atom. The van der Waals surface area contributed by atoms with Crippen LogP contribution in [-0.4, -0.2) is 27.9 Å². The summed E-state index contributed by atoms with van der Waals surface area (Å²) in [4.78, 5) is 11.0. The summed E-state index contributed by atoms with van der Waals surface area (Å²) in [5.74, 6) is -0.563. The Morgan fingerprint density at radius 2 is 2.18 bits per heavy atom. The highest BCUT2D eigenvalue weighted by molar-refractivity contribution is 7.93. The normalized spacial score (nSPS) is 19.7. The standard InChI is InChI=1S/C10H9Cl2NO3S/c11-8-5-6(13-2-1-3-17(13)16)4-7(9(8)12)10(14)15/h4-5H,1-3H2,(H,14,15). The van der Waals surface area contributed by atoms with Gasteiger partial charge in [0.2, 0.25) is 0 Å². The van der Waals surface area contributed by atoms with Gasteiger partial charge in [0.15, 0.2) is 0 Å². The van der Waals surface area contributed by atoms with Crippen LogP contribution in [0.15, 0.2) is 12.1 Å². The van der Waals surface area contributed by atoms with Crippen LogP contribution in [0.2, 0.25) is 10.0 Å². The second-order valence-corrected chi connectivity index (χ2v) is 5.85. The molecule has 7 heteroatoms. The molecule has 1 heterocycles. The highest BCUT2D eigenvalue weighted by atomic mass is 35.5. The van der Waals surface area contributed by atoms with Crippen LogP contribution in [0.1, 0.15) is 16.8 Å². The number of aromatic carboxylic acids is 1. The molecule has 2 rings (SSSR count). The summed E-state index contributed by atoms with van der Waals surface area (Å²) in [6, 6.07) is 2.94. The van der Waals surface area contributed by atoms with Gasteiger partial charge in [-0.25, -0.2) is 4.79 Å². The fourth-order valence-electron chi connectivity index (χ4n) is 1.66. The molecule has 1 atom stereocenters. The highest BCUT2D eigenvalue weighted by Gasteiger charge is 2.28. The molecule has 1 saturated heterocycles. The maximum Gasteiger partial charge on any atom is 0.337 e. The third-order valence-corrected chi connectivity index (χ3v) is 4.78. The van der Waals surface area contributed by atoms with Gasteiger partial charge < -0.3 is 9.66 Å². The fourth-order valence-corrected chi connectivity index (χ4v) is 3.34. The molecule has 92 valence electrons. The molecule has 17 heavy (non-hydrogen) atoms. The molecule has 0 aliphatic carbocycles. The second-order valence-electron chi connectivity index (χ2n) is 3.58. The van der Waals surface area contributed by atoms with E-state index in [0.717, 1.165) is 6.42 Å². The van der Waals surface area contributed by atoms with Gasteiger partial charge in [0.05, 0.1) is 39.2 Å². The van der Waals surface area contributed by atoms with Crippen molar-refractivity contribution in [2.75, 3.05) is 16.6 Å². The quantitative estimate of drug-likeness (QED) is 0.851. The number of benzene rings is 1. The van der Waals surface area contributed by atoms with Crippen LogP contribution in [0.25, 0.3) is 0 Å². The number of nitrogens with zero attached hydrogens (tertiary/aromatic N) is 1. The average molecular weight is 294 g/mol. The van der Waals surface area contributed by atoms with Gasteiger partial charge in [0.25, 0.3) is 0 Å². The van der Waals surface area contributed by atoms with Crippen LogP contribution in [0, 0.1) is 0 Å². The highest BCUT2D eigenvalue weighted by Crippen LogP contribution is 2.34. The van der Waals surface area contributed by atoms with Crippen molar-refractivity contribution in [3.63, 3.8) is 0 Å². The molecular weight excluding hydrogens is 285 g/mol. The number of hydrogen-bond acceptors (Lipinski definition) is 3. The summed E-state index contributed by atoms with van der Waals surface area (Å²) in [5, 5.41) is 9.15. The van der Waals surface area contributed by atoms with Crippen LogP contribution in [-0.2, 0) is 11.4 Å². The minimum Gasteiger partial charge on any atom is -0.593 e. The monoisotopic (exact) mass is 293 g/mol. The first-order valence-corrected chi connectivity index (χ1v) is 6.92. The number of carbonyl (C=O) groups is 1. The lowest BCUT2D eigenvalue weighted by Crippen LogP contribution is -2.25. The zero-order valence-corrected chi connectivity index (χ0v) is 11.0. The summed E-state index contributed by atoms with van der Waals surface area (Å²) in [5.41, 5.74) is 0.464. The molecular formula is C10H9Cl2NO3S. The van der Waals surface area contributed by atoms with Crippen molar-refractivity contribution >= 4 is 46.2 Å². The predicted octanol–water partition coefficient (Wildman–Crippen LogP) is 2.57. The maximum atomic E-state index is 11.7. The summed E-state index contributed by atoms with van der Waals surface area (Å²) in [7, 11) is 0. The van der Waals surface area contributed by atoms with Crippen LogP contribution in [0.3, 0.4) is 0 Å². The molecule has 0 amide bonds. The smallest absolute Gasteiger partial charge is 0.337 e. The lowest BCUT2D eigenvalue weighted by atomic mass is 10.2. The maximum absolute atomic E-state index is 11.7. The van der Waals surface area contributed by atoms with Crippen molar-refractivity contribution in [3.8, 4) is 0 Å². The number of carboxylic acids is 1. The van der Waals surface area contributed by atoms with Gasteiger partial charge in [-0.2, -0.15) is 4.31 Å². The molecule has 0 bridgehead atoms. The van der Waals surface area contributed by atoms with E-state index in [1.165, 1.54) is 6.07 Å². The Balaban J connectivity index is 2.45. The molecule has 4 nitrogen and oxygen atoms in total. The van der Waals surface area contributed by atoms with E-state index in [-0.39, 0.29) is 15.6 Å². The van der Waals surface area contributed by atoms with Crippen molar-refractivity contribution in [1.29, 1.82) is 0 Å².